The lowest BCUT2D eigenvalue weighted by Gasteiger charge is -2.23. The van der Waals surface area contributed by atoms with Crippen molar-refractivity contribution < 1.29 is 4.79 Å². The van der Waals surface area contributed by atoms with Gasteiger partial charge >= 0.3 is 0 Å². The van der Waals surface area contributed by atoms with E-state index >= 15 is 0 Å². The molecule has 19 heavy (non-hydrogen) atoms. The van der Waals surface area contributed by atoms with Gasteiger partial charge in [0.1, 0.15) is 0 Å². The van der Waals surface area contributed by atoms with Crippen LogP contribution >= 0.6 is 27.5 Å². The first-order chi connectivity index (χ1) is 8.69. The standard InChI is InChI=1S/C14H20BrClN2O/c1-9(13(19)18-14(2,3)4)17-8-10-5-6-11(15)7-12(10)16/h5-7,9,17H,8H2,1-4H3,(H,18,19). The molecule has 0 bridgehead atoms. The van der Waals surface area contributed by atoms with Gasteiger partial charge in [-0.05, 0) is 45.4 Å². The zero-order valence-corrected chi connectivity index (χ0v) is 14.0. The highest BCUT2D eigenvalue weighted by Crippen LogP contribution is 2.21. The molecule has 2 N–H and O–H groups in total. The van der Waals surface area contributed by atoms with Crippen molar-refractivity contribution >= 4 is 33.4 Å². The molecule has 0 spiro atoms. The van der Waals surface area contributed by atoms with Gasteiger partial charge in [-0.25, -0.2) is 0 Å². The van der Waals surface area contributed by atoms with Crippen LogP contribution in [0.25, 0.3) is 0 Å². The lowest BCUT2D eigenvalue weighted by Crippen LogP contribution is -2.49. The van der Waals surface area contributed by atoms with Gasteiger partial charge < -0.3 is 10.6 Å². The molecule has 3 nitrogen and oxygen atoms in total. The van der Waals surface area contributed by atoms with Crippen LogP contribution in [0.3, 0.4) is 0 Å². The molecule has 0 aliphatic rings. The van der Waals surface area contributed by atoms with E-state index in [9.17, 15) is 4.79 Å². The van der Waals surface area contributed by atoms with Gasteiger partial charge in [0.05, 0.1) is 6.04 Å². The number of benzene rings is 1. The molecular weight excluding hydrogens is 328 g/mol. The Balaban J connectivity index is 2.54. The van der Waals surface area contributed by atoms with E-state index in [1.54, 1.807) is 0 Å². The Morgan fingerprint density at radius 1 is 1.42 bits per heavy atom. The quantitative estimate of drug-likeness (QED) is 0.875. The highest BCUT2D eigenvalue weighted by Gasteiger charge is 2.18. The van der Waals surface area contributed by atoms with Crippen LogP contribution in [0.4, 0.5) is 0 Å². The van der Waals surface area contributed by atoms with Crippen molar-refractivity contribution in [2.45, 2.75) is 45.8 Å². The van der Waals surface area contributed by atoms with Gasteiger partial charge in [0, 0.05) is 21.6 Å². The summed E-state index contributed by atoms with van der Waals surface area (Å²) in [6, 6.07) is 5.45. The number of carbonyl (C=O) groups excluding carboxylic acids is 1. The van der Waals surface area contributed by atoms with E-state index in [1.165, 1.54) is 0 Å². The minimum absolute atomic E-state index is 0.0132. The highest BCUT2D eigenvalue weighted by atomic mass is 79.9. The van der Waals surface area contributed by atoms with Crippen molar-refractivity contribution in [3.63, 3.8) is 0 Å². The number of carbonyl (C=O) groups is 1. The summed E-state index contributed by atoms with van der Waals surface area (Å²) in [7, 11) is 0. The summed E-state index contributed by atoms with van der Waals surface area (Å²) in [6.45, 7) is 8.29. The van der Waals surface area contributed by atoms with Crippen LogP contribution in [0.1, 0.15) is 33.3 Å². The molecule has 0 heterocycles. The normalized spacial score (nSPS) is 13.2. The molecule has 0 aliphatic carbocycles. The van der Waals surface area contributed by atoms with Crippen molar-refractivity contribution in [3.8, 4) is 0 Å². The first-order valence-corrected chi connectivity index (χ1v) is 7.35. The summed E-state index contributed by atoms with van der Waals surface area (Å²) in [5, 5.41) is 6.79. The lowest BCUT2D eigenvalue weighted by molar-refractivity contribution is -0.124. The average molecular weight is 348 g/mol. The fourth-order valence-corrected chi connectivity index (χ4v) is 2.24. The Hall–Kier alpha value is -0.580. The van der Waals surface area contributed by atoms with Crippen molar-refractivity contribution in [1.29, 1.82) is 0 Å². The minimum Gasteiger partial charge on any atom is -0.350 e. The summed E-state index contributed by atoms with van der Waals surface area (Å²) < 4.78 is 0.944. The van der Waals surface area contributed by atoms with E-state index in [4.69, 9.17) is 11.6 Å². The fraction of sp³-hybridized carbons (Fsp3) is 0.500. The zero-order chi connectivity index (χ0) is 14.6. The monoisotopic (exact) mass is 346 g/mol. The summed E-state index contributed by atoms with van der Waals surface area (Å²) in [6.07, 6.45) is 0. The molecule has 5 heteroatoms. The predicted octanol–water partition coefficient (Wildman–Crippen LogP) is 3.50. The molecule has 0 saturated carbocycles. The van der Waals surface area contributed by atoms with Gasteiger partial charge in [0.15, 0.2) is 0 Å². The topological polar surface area (TPSA) is 41.1 Å². The summed E-state index contributed by atoms with van der Waals surface area (Å²) in [5.74, 6) is -0.0132. The van der Waals surface area contributed by atoms with Crippen molar-refractivity contribution in [2.24, 2.45) is 0 Å². The van der Waals surface area contributed by atoms with Crippen molar-refractivity contribution in [1.82, 2.24) is 10.6 Å². The van der Waals surface area contributed by atoms with Gasteiger partial charge in [-0.1, -0.05) is 33.6 Å². The number of amides is 1. The maximum absolute atomic E-state index is 11.9. The van der Waals surface area contributed by atoms with Gasteiger partial charge in [0.25, 0.3) is 0 Å². The van der Waals surface area contributed by atoms with E-state index in [2.05, 4.69) is 26.6 Å². The summed E-state index contributed by atoms with van der Waals surface area (Å²) >= 11 is 9.49. The van der Waals surface area contributed by atoms with Crippen LogP contribution in [-0.4, -0.2) is 17.5 Å². The van der Waals surface area contributed by atoms with Gasteiger partial charge in [-0.2, -0.15) is 0 Å². The second kappa shape index (κ2) is 6.73. The molecular formula is C14H20BrClN2O. The largest absolute Gasteiger partial charge is 0.350 e. The Morgan fingerprint density at radius 3 is 2.58 bits per heavy atom. The molecule has 0 aliphatic heterocycles. The number of hydrogen-bond donors (Lipinski definition) is 2. The van der Waals surface area contributed by atoms with Gasteiger partial charge in [-0.3, -0.25) is 4.79 Å². The third kappa shape index (κ3) is 5.93. The van der Waals surface area contributed by atoms with Crippen LogP contribution in [0.2, 0.25) is 5.02 Å². The molecule has 1 aromatic rings. The molecule has 106 valence electrons. The molecule has 0 saturated heterocycles. The lowest BCUT2D eigenvalue weighted by atomic mass is 10.1. The Kier molecular flexibility index (Phi) is 5.83. The molecule has 1 atom stereocenters. The third-order valence-corrected chi connectivity index (χ3v) is 3.35. The van der Waals surface area contributed by atoms with Gasteiger partial charge in [-0.15, -0.1) is 0 Å². The molecule has 0 aromatic heterocycles. The van der Waals surface area contributed by atoms with Crippen molar-refractivity contribution in [2.75, 3.05) is 0 Å². The average Bonchev–Trinajstić information content (AvgIpc) is 2.25. The molecule has 0 fully saturated rings. The maximum Gasteiger partial charge on any atom is 0.237 e. The summed E-state index contributed by atoms with van der Waals surface area (Å²) in [5.41, 5.74) is 0.753. The number of nitrogens with one attached hydrogen (secondary N) is 2. The predicted molar refractivity (Wildman–Crippen MR) is 83.3 cm³/mol. The second-order valence-corrected chi connectivity index (χ2v) is 6.90. The molecule has 1 rings (SSSR count). The Bertz CT molecular complexity index is 457. The number of halogens is 2. The van der Waals surface area contributed by atoms with E-state index in [0.29, 0.717) is 11.6 Å². The summed E-state index contributed by atoms with van der Waals surface area (Å²) in [4.78, 5) is 11.9. The Labute approximate surface area is 128 Å². The minimum atomic E-state index is -0.265. The van der Waals surface area contributed by atoms with E-state index in [-0.39, 0.29) is 17.5 Å². The van der Waals surface area contributed by atoms with Crippen molar-refractivity contribution in [3.05, 3.63) is 33.3 Å². The SMILES string of the molecule is CC(NCc1ccc(Br)cc1Cl)C(=O)NC(C)(C)C. The van der Waals surface area contributed by atoms with E-state index in [1.807, 2.05) is 45.9 Å². The molecule has 1 unspecified atom stereocenters. The van der Waals surface area contributed by atoms with Gasteiger partial charge in [0.2, 0.25) is 5.91 Å². The fourth-order valence-electron chi connectivity index (χ4n) is 1.50. The molecule has 0 radical (unpaired) electrons. The van der Waals surface area contributed by atoms with E-state index < -0.39 is 0 Å². The molecule has 1 aromatic carbocycles. The molecule has 1 amide bonds. The van der Waals surface area contributed by atoms with Crippen LogP contribution in [0.15, 0.2) is 22.7 Å². The first kappa shape index (κ1) is 16.5. The maximum atomic E-state index is 11.9. The Morgan fingerprint density at radius 2 is 2.05 bits per heavy atom. The number of rotatable bonds is 4. The van der Waals surface area contributed by atoms with Crippen LogP contribution in [-0.2, 0) is 11.3 Å². The second-order valence-electron chi connectivity index (χ2n) is 5.58. The van der Waals surface area contributed by atoms with Crippen LogP contribution in [0, 0.1) is 0 Å². The van der Waals surface area contributed by atoms with Crippen LogP contribution in [0.5, 0.6) is 0 Å². The smallest absolute Gasteiger partial charge is 0.237 e. The number of hydrogen-bond acceptors (Lipinski definition) is 2. The highest BCUT2D eigenvalue weighted by molar-refractivity contribution is 9.10. The van der Waals surface area contributed by atoms with Crippen LogP contribution < -0.4 is 10.6 Å². The van der Waals surface area contributed by atoms with E-state index in [0.717, 1.165) is 10.0 Å². The third-order valence-electron chi connectivity index (χ3n) is 2.51. The zero-order valence-electron chi connectivity index (χ0n) is 11.7. The first-order valence-electron chi connectivity index (χ1n) is 6.18.